The van der Waals surface area contributed by atoms with E-state index in [0.717, 1.165) is 10.0 Å². The molecular formula is C14H18BrNO2. The number of nitrogens with one attached hydrogen (secondary N) is 1. The fourth-order valence-corrected chi connectivity index (χ4v) is 2.14. The summed E-state index contributed by atoms with van der Waals surface area (Å²) in [5, 5.41) is 3.42. The molecule has 1 aliphatic carbocycles. The lowest BCUT2D eigenvalue weighted by atomic mass is 10.1. The molecule has 0 atom stereocenters. The fraction of sp³-hybridized carbons (Fsp3) is 0.500. The molecule has 4 heteroatoms. The molecule has 3 nitrogen and oxygen atoms in total. The maximum Gasteiger partial charge on any atom is 0.338 e. The predicted molar refractivity (Wildman–Crippen MR) is 74.6 cm³/mol. The van der Waals surface area contributed by atoms with Crippen LogP contribution in [0.1, 0.15) is 42.6 Å². The molecule has 1 saturated carbocycles. The molecule has 0 unspecified atom stereocenters. The second-order valence-electron chi connectivity index (χ2n) is 4.91. The Morgan fingerprint density at radius 2 is 2.22 bits per heavy atom. The first-order valence-corrected chi connectivity index (χ1v) is 7.08. The minimum absolute atomic E-state index is 0.0922. The molecule has 1 aromatic rings. The van der Waals surface area contributed by atoms with Crippen molar-refractivity contribution >= 4 is 21.9 Å². The summed E-state index contributed by atoms with van der Waals surface area (Å²) in [6.07, 6.45) is 2.38. The van der Waals surface area contributed by atoms with Crippen molar-refractivity contribution in [3.05, 3.63) is 33.8 Å². The molecule has 0 heterocycles. The first kappa shape index (κ1) is 13.6. The molecule has 1 fully saturated rings. The van der Waals surface area contributed by atoms with Crippen LogP contribution in [0.3, 0.4) is 0 Å². The van der Waals surface area contributed by atoms with Crippen LogP contribution in [0.2, 0.25) is 0 Å². The summed E-state index contributed by atoms with van der Waals surface area (Å²) >= 11 is 3.44. The zero-order valence-electron chi connectivity index (χ0n) is 10.7. The molecule has 98 valence electrons. The Balaban J connectivity index is 2.13. The first-order chi connectivity index (χ1) is 8.56. The first-order valence-electron chi connectivity index (χ1n) is 6.29. The number of hydrogen-bond acceptors (Lipinski definition) is 3. The van der Waals surface area contributed by atoms with Gasteiger partial charge in [-0.2, -0.15) is 0 Å². The van der Waals surface area contributed by atoms with Gasteiger partial charge in [0, 0.05) is 17.1 Å². The zero-order chi connectivity index (χ0) is 13.1. The van der Waals surface area contributed by atoms with Gasteiger partial charge < -0.3 is 10.1 Å². The van der Waals surface area contributed by atoms with Crippen molar-refractivity contribution in [2.45, 2.75) is 45.4 Å². The number of esters is 1. The Kier molecular flexibility index (Phi) is 4.40. The summed E-state index contributed by atoms with van der Waals surface area (Å²) in [6, 6.07) is 6.29. The molecule has 1 aromatic carbocycles. The summed E-state index contributed by atoms with van der Waals surface area (Å²) in [5.41, 5.74) is 1.64. The number of carbonyl (C=O) groups excluding carboxylic acids is 1. The molecule has 0 aromatic heterocycles. The predicted octanol–water partition coefficient (Wildman–Crippen LogP) is 3.27. The molecule has 0 radical (unpaired) electrons. The minimum Gasteiger partial charge on any atom is -0.459 e. The Hall–Kier alpha value is -0.870. The Morgan fingerprint density at radius 1 is 1.50 bits per heavy atom. The molecule has 0 bridgehead atoms. The third-order valence-corrected chi connectivity index (χ3v) is 3.28. The van der Waals surface area contributed by atoms with Crippen molar-refractivity contribution in [2.24, 2.45) is 0 Å². The highest BCUT2D eigenvalue weighted by Gasteiger charge is 2.21. The van der Waals surface area contributed by atoms with E-state index >= 15 is 0 Å². The van der Waals surface area contributed by atoms with Gasteiger partial charge in [-0.25, -0.2) is 4.79 Å². The quantitative estimate of drug-likeness (QED) is 0.848. The maximum absolute atomic E-state index is 12.0. The van der Waals surface area contributed by atoms with Gasteiger partial charge in [0.15, 0.2) is 0 Å². The molecule has 2 rings (SSSR count). The molecule has 0 spiro atoms. The van der Waals surface area contributed by atoms with Crippen LogP contribution < -0.4 is 5.32 Å². The van der Waals surface area contributed by atoms with Crippen LogP contribution in [0.5, 0.6) is 0 Å². The van der Waals surface area contributed by atoms with E-state index < -0.39 is 0 Å². The van der Waals surface area contributed by atoms with Crippen LogP contribution in [-0.2, 0) is 11.3 Å². The molecular weight excluding hydrogens is 294 g/mol. The van der Waals surface area contributed by atoms with Crippen molar-refractivity contribution in [1.82, 2.24) is 5.32 Å². The fourth-order valence-electron chi connectivity index (χ4n) is 1.73. The second kappa shape index (κ2) is 5.85. The molecule has 0 amide bonds. The van der Waals surface area contributed by atoms with Gasteiger partial charge in [0.1, 0.15) is 0 Å². The number of ether oxygens (including phenoxy) is 1. The van der Waals surface area contributed by atoms with E-state index in [1.165, 1.54) is 12.8 Å². The van der Waals surface area contributed by atoms with Gasteiger partial charge in [0.05, 0.1) is 11.7 Å². The van der Waals surface area contributed by atoms with Crippen LogP contribution in [0.15, 0.2) is 22.7 Å². The lowest BCUT2D eigenvalue weighted by Gasteiger charge is -2.12. The maximum atomic E-state index is 12.0. The highest BCUT2D eigenvalue weighted by Crippen LogP contribution is 2.22. The molecule has 0 aliphatic heterocycles. The highest BCUT2D eigenvalue weighted by molar-refractivity contribution is 9.10. The van der Waals surface area contributed by atoms with Crippen molar-refractivity contribution in [3.8, 4) is 0 Å². The van der Waals surface area contributed by atoms with Crippen LogP contribution in [0.4, 0.5) is 0 Å². The molecule has 0 saturated heterocycles. The normalized spacial score (nSPS) is 14.9. The van der Waals surface area contributed by atoms with E-state index in [1.807, 2.05) is 32.0 Å². The van der Waals surface area contributed by atoms with Crippen molar-refractivity contribution in [1.29, 1.82) is 0 Å². The largest absolute Gasteiger partial charge is 0.459 e. The van der Waals surface area contributed by atoms with Crippen LogP contribution in [0, 0.1) is 0 Å². The Bertz CT molecular complexity index is 441. The highest BCUT2D eigenvalue weighted by atomic mass is 79.9. The summed E-state index contributed by atoms with van der Waals surface area (Å²) in [7, 11) is 0. The van der Waals surface area contributed by atoms with Gasteiger partial charge in [-0.3, -0.25) is 0 Å². The van der Waals surface area contributed by atoms with Gasteiger partial charge in [-0.05, 0) is 50.5 Å². The van der Waals surface area contributed by atoms with Gasteiger partial charge in [0.2, 0.25) is 0 Å². The Labute approximate surface area is 116 Å². The Morgan fingerprint density at radius 3 is 2.83 bits per heavy atom. The molecule has 1 N–H and O–H groups in total. The molecule has 1 aliphatic rings. The van der Waals surface area contributed by atoms with E-state index in [-0.39, 0.29) is 12.1 Å². The third kappa shape index (κ3) is 3.82. The van der Waals surface area contributed by atoms with E-state index in [0.29, 0.717) is 18.2 Å². The van der Waals surface area contributed by atoms with E-state index in [4.69, 9.17) is 4.74 Å². The summed E-state index contributed by atoms with van der Waals surface area (Å²) in [6.45, 7) is 4.43. The van der Waals surface area contributed by atoms with E-state index in [2.05, 4.69) is 21.2 Å². The zero-order valence-corrected chi connectivity index (χ0v) is 12.3. The van der Waals surface area contributed by atoms with Gasteiger partial charge in [-0.1, -0.05) is 15.9 Å². The molecule has 18 heavy (non-hydrogen) atoms. The average molecular weight is 312 g/mol. The van der Waals surface area contributed by atoms with E-state index in [9.17, 15) is 4.79 Å². The lowest BCUT2D eigenvalue weighted by molar-refractivity contribution is 0.0376. The number of benzene rings is 1. The smallest absolute Gasteiger partial charge is 0.338 e. The number of hydrogen-bond donors (Lipinski definition) is 1. The summed E-state index contributed by atoms with van der Waals surface area (Å²) in [5.74, 6) is -0.245. The second-order valence-corrected chi connectivity index (χ2v) is 5.83. The summed E-state index contributed by atoms with van der Waals surface area (Å²) < 4.78 is 6.24. The standard InChI is InChI=1S/C14H18BrNO2/c1-9(2)18-14(17)13-6-3-11(15)7-10(13)8-16-12-4-5-12/h3,6-7,9,12,16H,4-5,8H2,1-2H3. The van der Waals surface area contributed by atoms with Crippen LogP contribution in [0.25, 0.3) is 0 Å². The van der Waals surface area contributed by atoms with Gasteiger partial charge >= 0.3 is 5.97 Å². The van der Waals surface area contributed by atoms with E-state index in [1.54, 1.807) is 0 Å². The minimum atomic E-state index is -0.245. The number of rotatable bonds is 5. The van der Waals surface area contributed by atoms with Gasteiger partial charge in [0.25, 0.3) is 0 Å². The van der Waals surface area contributed by atoms with Crippen molar-refractivity contribution in [2.75, 3.05) is 0 Å². The summed E-state index contributed by atoms with van der Waals surface area (Å²) in [4.78, 5) is 12.0. The monoisotopic (exact) mass is 311 g/mol. The van der Waals surface area contributed by atoms with Crippen molar-refractivity contribution in [3.63, 3.8) is 0 Å². The topological polar surface area (TPSA) is 38.3 Å². The third-order valence-electron chi connectivity index (χ3n) is 2.79. The number of halogens is 1. The van der Waals surface area contributed by atoms with Gasteiger partial charge in [-0.15, -0.1) is 0 Å². The lowest BCUT2D eigenvalue weighted by Crippen LogP contribution is -2.19. The van der Waals surface area contributed by atoms with Crippen molar-refractivity contribution < 1.29 is 9.53 Å². The van der Waals surface area contributed by atoms with Crippen LogP contribution in [-0.4, -0.2) is 18.1 Å². The average Bonchev–Trinajstić information content (AvgIpc) is 3.09. The van der Waals surface area contributed by atoms with Crippen LogP contribution >= 0.6 is 15.9 Å². The SMILES string of the molecule is CC(C)OC(=O)c1ccc(Br)cc1CNC1CC1. The number of carbonyl (C=O) groups is 1.